The van der Waals surface area contributed by atoms with E-state index in [0.29, 0.717) is 0 Å². The van der Waals surface area contributed by atoms with Gasteiger partial charge in [-0.25, -0.2) is 4.79 Å². The molecule has 1 aromatic rings. The summed E-state index contributed by atoms with van der Waals surface area (Å²) in [5, 5.41) is 8.95. The SMILES string of the molecule is O=C(O)c1cncc(N2C[C@H]3CCC[C@@H]3C2)c1. The van der Waals surface area contributed by atoms with Crippen molar-refractivity contribution in [3.63, 3.8) is 0 Å². The van der Waals surface area contributed by atoms with Gasteiger partial charge in [0.2, 0.25) is 0 Å². The maximum Gasteiger partial charge on any atom is 0.337 e. The fourth-order valence-electron chi connectivity index (χ4n) is 3.16. The summed E-state index contributed by atoms with van der Waals surface area (Å²) in [6.45, 7) is 2.13. The van der Waals surface area contributed by atoms with E-state index in [-0.39, 0.29) is 5.56 Å². The van der Waals surface area contributed by atoms with Crippen molar-refractivity contribution in [3.8, 4) is 0 Å². The first-order chi connectivity index (χ1) is 8.24. The Bertz CT molecular complexity index is 435. The summed E-state index contributed by atoms with van der Waals surface area (Å²) >= 11 is 0. The van der Waals surface area contributed by atoms with Gasteiger partial charge in [0.25, 0.3) is 0 Å². The molecule has 4 nitrogen and oxygen atoms in total. The summed E-state index contributed by atoms with van der Waals surface area (Å²) in [6, 6.07) is 1.73. The Labute approximate surface area is 100 Å². The fraction of sp³-hybridized carbons (Fsp3) is 0.538. The van der Waals surface area contributed by atoms with Crippen molar-refractivity contribution in [2.75, 3.05) is 18.0 Å². The molecule has 1 N–H and O–H groups in total. The summed E-state index contributed by atoms with van der Waals surface area (Å²) in [4.78, 5) is 17.2. The molecule has 2 atom stereocenters. The van der Waals surface area contributed by atoms with Crippen molar-refractivity contribution < 1.29 is 9.90 Å². The van der Waals surface area contributed by atoms with Gasteiger partial charge in [-0.3, -0.25) is 4.98 Å². The Morgan fingerprint density at radius 2 is 2.00 bits per heavy atom. The Balaban J connectivity index is 1.81. The van der Waals surface area contributed by atoms with Crippen LogP contribution in [0, 0.1) is 11.8 Å². The van der Waals surface area contributed by atoms with Gasteiger partial charge >= 0.3 is 5.97 Å². The maximum atomic E-state index is 10.9. The molecule has 2 heterocycles. The van der Waals surface area contributed by atoms with Crippen LogP contribution in [0.2, 0.25) is 0 Å². The molecular weight excluding hydrogens is 216 g/mol. The van der Waals surface area contributed by atoms with Gasteiger partial charge in [-0.2, -0.15) is 0 Å². The Morgan fingerprint density at radius 3 is 2.65 bits per heavy atom. The molecule has 0 radical (unpaired) electrons. The molecule has 1 saturated heterocycles. The average molecular weight is 232 g/mol. The number of nitrogens with zero attached hydrogens (tertiary/aromatic N) is 2. The minimum absolute atomic E-state index is 0.277. The van der Waals surface area contributed by atoms with E-state index in [1.807, 2.05) is 0 Å². The predicted octanol–water partition coefficient (Wildman–Crippen LogP) is 2.02. The highest BCUT2D eigenvalue weighted by Crippen LogP contribution is 2.39. The van der Waals surface area contributed by atoms with Crippen LogP contribution in [0.5, 0.6) is 0 Å². The van der Waals surface area contributed by atoms with Gasteiger partial charge < -0.3 is 10.0 Å². The minimum atomic E-state index is -0.904. The van der Waals surface area contributed by atoms with Crippen molar-refractivity contribution in [3.05, 3.63) is 24.0 Å². The van der Waals surface area contributed by atoms with Crippen molar-refractivity contribution in [2.45, 2.75) is 19.3 Å². The molecule has 4 heteroatoms. The standard InChI is InChI=1S/C13H16N2O2/c16-13(17)11-4-12(6-14-5-11)15-7-9-2-1-3-10(9)8-15/h4-6,9-10H,1-3,7-8H2,(H,16,17)/t9-,10-/m1/s1. The number of rotatable bonds is 2. The molecule has 17 heavy (non-hydrogen) atoms. The lowest BCUT2D eigenvalue weighted by Crippen LogP contribution is -2.21. The van der Waals surface area contributed by atoms with Crippen LogP contribution in [0.15, 0.2) is 18.5 Å². The van der Waals surface area contributed by atoms with Crippen LogP contribution in [0.1, 0.15) is 29.6 Å². The first-order valence-electron chi connectivity index (χ1n) is 6.17. The highest BCUT2D eigenvalue weighted by atomic mass is 16.4. The Morgan fingerprint density at radius 1 is 1.29 bits per heavy atom. The van der Waals surface area contributed by atoms with Crippen molar-refractivity contribution in [1.82, 2.24) is 4.98 Å². The topological polar surface area (TPSA) is 53.4 Å². The number of hydrogen-bond acceptors (Lipinski definition) is 3. The quantitative estimate of drug-likeness (QED) is 0.847. The molecule has 0 unspecified atom stereocenters. The maximum absolute atomic E-state index is 10.9. The molecule has 0 spiro atoms. The van der Waals surface area contributed by atoms with Crippen molar-refractivity contribution >= 4 is 11.7 Å². The second kappa shape index (κ2) is 4.02. The summed E-state index contributed by atoms with van der Waals surface area (Å²) in [6.07, 6.45) is 7.19. The van der Waals surface area contributed by atoms with E-state index in [2.05, 4.69) is 9.88 Å². The zero-order valence-electron chi connectivity index (χ0n) is 9.67. The first-order valence-corrected chi connectivity index (χ1v) is 6.17. The monoisotopic (exact) mass is 232 g/mol. The van der Waals surface area contributed by atoms with Crippen LogP contribution < -0.4 is 4.90 Å². The van der Waals surface area contributed by atoms with Gasteiger partial charge in [-0.1, -0.05) is 6.42 Å². The number of aromatic carboxylic acids is 1. The number of aromatic nitrogens is 1. The van der Waals surface area contributed by atoms with Crippen LogP contribution in [0.3, 0.4) is 0 Å². The highest BCUT2D eigenvalue weighted by Gasteiger charge is 2.36. The molecule has 90 valence electrons. The van der Waals surface area contributed by atoms with E-state index in [1.54, 1.807) is 12.3 Å². The van der Waals surface area contributed by atoms with E-state index in [0.717, 1.165) is 30.6 Å². The van der Waals surface area contributed by atoms with Crippen molar-refractivity contribution in [1.29, 1.82) is 0 Å². The third kappa shape index (κ3) is 1.88. The largest absolute Gasteiger partial charge is 0.478 e. The number of carboxylic acid groups (broad SMARTS) is 1. The number of carbonyl (C=O) groups is 1. The lowest BCUT2D eigenvalue weighted by atomic mass is 10.0. The lowest BCUT2D eigenvalue weighted by Gasteiger charge is -2.19. The number of anilines is 1. The second-order valence-electron chi connectivity index (χ2n) is 5.09. The number of carboxylic acids is 1. The van der Waals surface area contributed by atoms with Crippen LogP contribution >= 0.6 is 0 Å². The van der Waals surface area contributed by atoms with E-state index in [9.17, 15) is 4.79 Å². The Hall–Kier alpha value is -1.58. The van der Waals surface area contributed by atoms with Gasteiger partial charge in [-0.15, -0.1) is 0 Å². The summed E-state index contributed by atoms with van der Waals surface area (Å²) < 4.78 is 0. The summed E-state index contributed by atoms with van der Waals surface area (Å²) in [7, 11) is 0. The van der Waals surface area contributed by atoms with Gasteiger partial charge in [-0.05, 0) is 30.7 Å². The van der Waals surface area contributed by atoms with Gasteiger partial charge in [0.15, 0.2) is 0 Å². The molecule has 1 aliphatic carbocycles. The van der Waals surface area contributed by atoms with E-state index < -0.39 is 5.97 Å². The summed E-state index contributed by atoms with van der Waals surface area (Å²) in [5.74, 6) is 0.714. The zero-order valence-corrected chi connectivity index (χ0v) is 9.67. The molecule has 2 fully saturated rings. The summed E-state index contributed by atoms with van der Waals surface area (Å²) in [5.41, 5.74) is 1.24. The van der Waals surface area contributed by atoms with Crippen molar-refractivity contribution in [2.24, 2.45) is 11.8 Å². The smallest absolute Gasteiger partial charge is 0.337 e. The molecule has 0 bridgehead atoms. The molecule has 1 saturated carbocycles. The molecule has 1 aliphatic heterocycles. The molecule has 1 aromatic heterocycles. The molecule has 3 rings (SSSR count). The van der Waals surface area contributed by atoms with Crippen LogP contribution in [-0.2, 0) is 0 Å². The van der Waals surface area contributed by atoms with Crippen LogP contribution in [0.4, 0.5) is 5.69 Å². The zero-order chi connectivity index (χ0) is 11.8. The molecular formula is C13H16N2O2. The molecule has 2 aliphatic rings. The van der Waals surface area contributed by atoms with Gasteiger partial charge in [0.1, 0.15) is 0 Å². The third-order valence-corrected chi connectivity index (χ3v) is 4.06. The first kappa shape index (κ1) is 10.6. The van der Waals surface area contributed by atoms with Crippen LogP contribution in [-0.4, -0.2) is 29.1 Å². The fourth-order valence-corrected chi connectivity index (χ4v) is 3.16. The number of fused-ring (bicyclic) bond motifs is 1. The highest BCUT2D eigenvalue weighted by molar-refractivity contribution is 5.88. The normalized spacial score (nSPS) is 27.2. The molecule has 0 amide bonds. The lowest BCUT2D eigenvalue weighted by molar-refractivity contribution is 0.0696. The molecule has 0 aromatic carbocycles. The number of pyridine rings is 1. The second-order valence-corrected chi connectivity index (χ2v) is 5.09. The predicted molar refractivity (Wildman–Crippen MR) is 64.2 cm³/mol. The van der Waals surface area contributed by atoms with Gasteiger partial charge in [0, 0.05) is 19.3 Å². The average Bonchev–Trinajstić information content (AvgIpc) is 2.89. The number of hydrogen-bond donors (Lipinski definition) is 1. The van der Waals surface area contributed by atoms with E-state index >= 15 is 0 Å². The Kier molecular flexibility index (Phi) is 2.50. The van der Waals surface area contributed by atoms with Crippen LogP contribution in [0.25, 0.3) is 0 Å². The van der Waals surface area contributed by atoms with E-state index in [1.165, 1.54) is 25.5 Å². The van der Waals surface area contributed by atoms with E-state index in [4.69, 9.17) is 5.11 Å². The minimum Gasteiger partial charge on any atom is -0.478 e. The third-order valence-electron chi connectivity index (χ3n) is 4.06. The van der Waals surface area contributed by atoms with Gasteiger partial charge in [0.05, 0.1) is 17.4 Å².